The van der Waals surface area contributed by atoms with Gasteiger partial charge in [-0.05, 0) is 88.5 Å². The standard InChI is InChI=1S/C46H34O10/c1-53-44(50)37-16-14-36(15-17-37)43(49)27-31-4-12-39(13-5-31)46(52)56-41-24-20-34(21-25-41)33-18-22-40(23-19-33)55-45(51)38-10-2-30(3-11-38)26-42(48)35-8-6-32(7-9-35)28-54-29-47/h2-25,29H,26-28H2,1H3. The van der Waals surface area contributed by atoms with Gasteiger partial charge in [-0.1, -0.05) is 84.9 Å². The second kappa shape index (κ2) is 18.0. The van der Waals surface area contributed by atoms with Crippen LogP contribution in [0.5, 0.6) is 11.5 Å². The summed E-state index contributed by atoms with van der Waals surface area (Å²) in [5.74, 6) is -1.07. The van der Waals surface area contributed by atoms with Gasteiger partial charge in [0.25, 0.3) is 6.47 Å². The van der Waals surface area contributed by atoms with Crippen LogP contribution in [0.2, 0.25) is 0 Å². The summed E-state index contributed by atoms with van der Waals surface area (Å²) in [5.41, 5.74) is 5.95. The first-order valence-corrected chi connectivity index (χ1v) is 17.4. The van der Waals surface area contributed by atoms with E-state index in [1.54, 1.807) is 109 Å². The predicted molar refractivity (Wildman–Crippen MR) is 206 cm³/mol. The molecule has 10 heteroatoms. The van der Waals surface area contributed by atoms with Crippen LogP contribution >= 0.6 is 0 Å². The minimum atomic E-state index is -0.547. The summed E-state index contributed by atoms with van der Waals surface area (Å²) in [6.45, 7) is 0.514. The first kappa shape index (κ1) is 38.3. The lowest BCUT2D eigenvalue weighted by Gasteiger charge is -2.09. The number of hydrogen-bond donors (Lipinski definition) is 0. The van der Waals surface area contributed by atoms with E-state index in [-0.39, 0.29) is 31.0 Å². The van der Waals surface area contributed by atoms with Crippen molar-refractivity contribution in [2.24, 2.45) is 0 Å². The molecule has 278 valence electrons. The Balaban J connectivity index is 0.971. The van der Waals surface area contributed by atoms with Crippen molar-refractivity contribution < 1.29 is 47.7 Å². The van der Waals surface area contributed by atoms with Crippen molar-refractivity contribution in [3.8, 4) is 22.6 Å². The Morgan fingerprint density at radius 2 is 0.768 bits per heavy atom. The van der Waals surface area contributed by atoms with E-state index in [2.05, 4.69) is 4.74 Å². The molecule has 0 aliphatic heterocycles. The normalized spacial score (nSPS) is 10.5. The van der Waals surface area contributed by atoms with E-state index < -0.39 is 17.9 Å². The molecule has 0 saturated carbocycles. The number of hydrogen-bond acceptors (Lipinski definition) is 10. The molecule has 6 rings (SSSR count). The predicted octanol–water partition coefficient (Wildman–Crippen LogP) is 8.10. The second-order valence-corrected chi connectivity index (χ2v) is 12.6. The number of ether oxygens (including phenoxy) is 4. The lowest BCUT2D eigenvalue weighted by molar-refractivity contribution is -0.129. The number of esters is 3. The van der Waals surface area contributed by atoms with Gasteiger partial charge in [-0.15, -0.1) is 0 Å². The molecule has 6 aromatic carbocycles. The van der Waals surface area contributed by atoms with Gasteiger partial charge in [0.1, 0.15) is 18.1 Å². The molecule has 0 atom stereocenters. The molecule has 0 radical (unpaired) electrons. The van der Waals surface area contributed by atoms with Crippen LogP contribution in [-0.2, 0) is 33.7 Å². The summed E-state index contributed by atoms with van der Waals surface area (Å²) in [5, 5.41) is 0. The Kier molecular flexibility index (Phi) is 12.3. The summed E-state index contributed by atoms with van der Waals surface area (Å²) in [4.78, 5) is 73.1. The molecular weight excluding hydrogens is 712 g/mol. The van der Waals surface area contributed by atoms with Gasteiger partial charge in [0, 0.05) is 24.0 Å². The van der Waals surface area contributed by atoms with E-state index >= 15 is 0 Å². The number of Topliss-reactive ketones (excluding diaryl/α,β-unsaturated/α-hetero) is 2. The summed E-state index contributed by atoms with van der Waals surface area (Å²) in [6, 6.07) is 40.3. The molecule has 0 fully saturated rings. The van der Waals surface area contributed by atoms with Crippen molar-refractivity contribution in [3.05, 3.63) is 190 Å². The highest BCUT2D eigenvalue weighted by Crippen LogP contribution is 2.26. The molecule has 0 amide bonds. The number of ketones is 2. The van der Waals surface area contributed by atoms with Crippen LogP contribution in [-0.4, -0.2) is 43.1 Å². The van der Waals surface area contributed by atoms with E-state index in [4.69, 9.17) is 14.2 Å². The van der Waals surface area contributed by atoms with Crippen LogP contribution in [0, 0.1) is 0 Å². The topological polar surface area (TPSA) is 139 Å². The Morgan fingerprint density at radius 3 is 1.16 bits per heavy atom. The second-order valence-electron chi connectivity index (χ2n) is 12.6. The number of carbonyl (C=O) groups excluding carboxylic acids is 6. The molecule has 0 aliphatic rings. The maximum Gasteiger partial charge on any atom is 0.343 e. The lowest BCUT2D eigenvalue weighted by Crippen LogP contribution is -2.09. The van der Waals surface area contributed by atoms with Crippen LogP contribution in [0.4, 0.5) is 0 Å². The van der Waals surface area contributed by atoms with E-state index in [1.807, 2.05) is 24.3 Å². The molecule has 0 aromatic heterocycles. The molecule has 0 N–H and O–H groups in total. The average molecular weight is 747 g/mol. The SMILES string of the molecule is COC(=O)c1ccc(C(=O)Cc2ccc(C(=O)Oc3ccc(-c4ccc(OC(=O)c5ccc(CC(=O)c6ccc(COC=O)cc6)cc5)cc4)cc3)cc2)cc1. The molecule has 0 bridgehead atoms. The third-order valence-corrected chi connectivity index (χ3v) is 8.79. The zero-order chi connectivity index (χ0) is 39.4. The minimum absolute atomic E-state index is 0.0862. The number of methoxy groups -OCH3 is 1. The van der Waals surface area contributed by atoms with E-state index in [9.17, 15) is 28.8 Å². The fourth-order valence-electron chi connectivity index (χ4n) is 5.68. The number of carbonyl (C=O) groups is 6. The van der Waals surface area contributed by atoms with Crippen LogP contribution in [0.3, 0.4) is 0 Å². The zero-order valence-electron chi connectivity index (χ0n) is 30.1. The van der Waals surface area contributed by atoms with Gasteiger partial charge < -0.3 is 18.9 Å². The van der Waals surface area contributed by atoms with Crippen LogP contribution < -0.4 is 9.47 Å². The molecule has 0 heterocycles. The third kappa shape index (κ3) is 9.94. The fraction of sp³-hybridized carbons (Fsp3) is 0.0870. The smallest absolute Gasteiger partial charge is 0.343 e. The Morgan fingerprint density at radius 1 is 0.429 bits per heavy atom. The van der Waals surface area contributed by atoms with E-state index in [1.165, 1.54) is 19.2 Å². The summed E-state index contributed by atoms with van der Waals surface area (Å²) < 4.78 is 20.5. The Bertz CT molecular complexity index is 2340. The highest BCUT2D eigenvalue weighted by Gasteiger charge is 2.14. The molecule has 0 saturated heterocycles. The Labute approximate surface area is 322 Å². The minimum Gasteiger partial charge on any atom is -0.465 e. The first-order valence-electron chi connectivity index (χ1n) is 17.4. The van der Waals surface area contributed by atoms with Crippen molar-refractivity contribution in [3.63, 3.8) is 0 Å². The maximum atomic E-state index is 12.8. The van der Waals surface area contributed by atoms with Crippen molar-refractivity contribution in [1.29, 1.82) is 0 Å². The van der Waals surface area contributed by atoms with Gasteiger partial charge in [-0.3, -0.25) is 14.4 Å². The van der Waals surface area contributed by atoms with Crippen LogP contribution in [0.15, 0.2) is 146 Å². The van der Waals surface area contributed by atoms with Crippen molar-refractivity contribution in [2.75, 3.05) is 7.11 Å². The molecule has 0 spiro atoms. The highest BCUT2D eigenvalue weighted by atomic mass is 16.5. The molecule has 56 heavy (non-hydrogen) atoms. The lowest BCUT2D eigenvalue weighted by atomic mass is 10.0. The number of rotatable bonds is 15. The molecule has 6 aromatic rings. The van der Waals surface area contributed by atoms with Gasteiger partial charge in [-0.2, -0.15) is 0 Å². The molecular formula is C46H34O10. The first-order chi connectivity index (χ1) is 27.2. The van der Waals surface area contributed by atoms with Crippen LogP contribution in [0.25, 0.3) is 11.1 Å². The van der Waals surface area contributed by atoms with Gasteiger partial charge in [0.05, 0.1) is 23.8 Å². The van der Waals surface area contributed by atoms with Gasteiger partial charge in [-0.25, -0.2) is 14.4 Å². The van der Waals surface area contributed by atoms with Gasteiger partial charge >= 0.3 is 17.9 Å². The van der Waals surface area contributed by atoms with Crippen LogP contribution in [0.1, 0.15) is 68.5 Å². The van der Waals surface area contributed by atoms with E-state index in [0.29, 0.717) is 45.8 Å². The highest BCUT2D eigenvalue weighted by molar-refractivity contribution is 5.99. The van der Waals surface area contributed by atoms with Gasteiger partial charge in [0.2, 0.25) is 0 Å². The molecule has 10 nitrogen and oxygen atoms in total. The maximum absolute atomic E-state index is 12.8. The largest absolute Gasteiger partial charge is 0.465 e. The van der Waals surface area contributed by atoms with Crippen molar-refractivity contribution in [1.82, 2.24) is 0 Å². The number of benzene rings is 6. The summed E-state index contributed by atoms with van der Waals surface area (Å²) in [7, 11) is 1.29. The molecule has 0 aliphatic carbocycles. The van der Waals surface area contributed by atoms with Gasteiger partial charge in [0.15, 0.2) is 11.6 Å². The summed E-state index contributed by atoms with van der Waals surface area (Å²) >= 11 is 0. The zero-order valence-corrected chi connectivity index (χ0v) is 30.1. The van der Waals surface area contributed by atoms with E-state index in [0.717, 1.165) is 27.8 Å². The average Bonchev–Trinajstić information content (AvgIpc) is 3.24. The fourth-order valence-corrected chi connectivity index (χ4v) is 5.68. The molecule has 0 unspecified atom stereocenters. The summed E-state index contributed by atoms with van der Waals surface area (Å²) in [6.07, 6.45) is 0.278. The quantitative estimate of drug-likeness (QED) is 0.0438. The Hall–Kier alpha value is -7.46. The third-order valence-electron chi connectivity index (χ3n) is 8.79. The van der Waals surface area contributed by atoms with Crippen molar-refractivity contribution >= 4 is 35.9 Å². The monoisotopic (exact) mass is 746 g/mol. The van der Waals surface area contributed by atoms with Crippen molar-refractivity contribution in [2.45, 2.75) is 19.4 Å².